The summed E-state index contributed by atoms with van der Waals surface area (Å²) in [6.07, 6.45) is 4.07. The maximum Gasteiger partial charge on any atom is 0.227 e. The quantitative estimate of drug-likeness (QED) is 0.786. The van der Waals surface area contributed by atoms with Crippen molar-refractivity contribution >= 4 is 11.6 Å². The second-order valence-electron chi connectivity index (χ2n) is 4.17. The summed E-state index contributed by atoms with van der Waals surface area (Å²) in [5.74, 6) is 0.393. The number of hydrogen-bond donors (Lipinski definition) is 1. The molecule has 2 nitrogen and oxygen atoms in total. The van der Waals surface area contributed by atoms with Gasteiger partial charge < -0.3 is 5.32 Å². The van der Waals surface area contributed by atoms with Crippen LogP contribution in [0.5, 0.6) is 0 Å². The van der Waals surface area contributed by atoms with Crippen LogP contribution in [-0.2, 0) is 11.2 Å². The minimum Gasteiger partial charge on any atom is -0.326 e. The molecule has 1 aromatic carbocycles. The first-order valence-corrected chi connectivity index (χ1v) is 5.70. The predicted octanol–water partition coefficient (Wildman–Crippen LogP) is 2.99. The summed E-state index contributed by atoms with van der Waals surface area (Å²) in [5, 5.41) is 3.02. The maximum atomic E-state index is 11.9. The standard InChI is InChI=1S/C13H17NO/c1-2-5-11-9-8-10-6-3-4-7-12(10)14-13(11)15/h3-4,6-7,11H,2,5,8-9H2,1H3,(H,14,15). The molecule has 1 atom stereocenters. The molecule has 1 heterocycles. The highest BCUT2D eigenvalue weighted by Crippen LogP contribution is 2.26. The molecule has 1 aromatic rings. The summed E-state index contributed by atoms with van der Waals surface area (Å²) >= 11 is 0. The average molecular weight is 203 g/mol. The molecule has 80 valence electrons. The molecule has 1 aliphatic rings. The minimum atomic E-state index is 0.196. The first kappa shape index (κ1) is 10.2. The number of anilines is 1. The van der Waals surface area contributed by atoms with Gasteiger partial charge in [0, 0.05) is 11.6 Å². The first-order chi connectivity index (χ1) is 7.31. The van der Waals surface area contributed by atoms with E-state index < -0.39 is 0 Å². The highest BCUT2D eigenvalue weighted by molar-refractivity contribution is 5.94. The van der Waals surface area contributed by atoms with Gasteiger partial charge in [0.15, 0.2) is 0 Å². The monoisotopic (exact) mass is 203 g/mol. The number of aryl methyl sites for hydroxylation is 1. The molecule has 0 bridgehead atoms. The SMILES string of the molecule is CCCC1CCc2ccccc2NC1=O. The topological polar surface area (TPSA) is 29.1 Å². The first-order valence-electron chi connectivity index (χ1n) is 5.70. The maximum absolute atomic E-state index is 11.9. The van der Waals surface area contributed by atoms with Crippen LogP contribution in [0.25, 0.3) is 0 Å². The molecule has 0 fully saturated rings. The summed E-state index contributed by atoms with van der Waals surface area (Å²) in [6.45, 7) is 2.13. The molecule has 1 aliphatic heterocycles. The van der Waals surface area contributed by atoms with Crippen molar-refractivity contribution < 1.29 is 4.79 Å². The molecule has 0 saturated carbocycles. The lowest BCUT2D eigenvalue weighted by atomic mass is 9.96. The van der Waals surface area contributed by atoms with Crippen molar-refractivity contribution in [2.24, 2.45) is 5.92 Å². The van der Waals surface area contributed by atoms with E-state index in [0.29, 0.717) is 0 Å². The van der Waals surface area contributed by atoms with Crippen molar-refractivity contribution in [3.63, 3.8) is 0 Å². The van der Waals surface area contributed by atoms with Gasteiger partial charge in [-0.15, -0.1) is 0 Å². The van der Waals surface area contributed by atoms with Crippen LogP contribution in [0.2, 0.25) is 0 Å². The zero-order valence-electron chi connectivity index (χ0n) is 9.12. The fraction of sp³-hybridized carbons (Fsp3) is 0.462. The number of para-hydroxylation sites is 1. The van der Waals surface area contributed by atoms with E-state index in [0.717, 1.165) is 31.4 Å². The summed E-state index contributed by atoms with van der Waals surface area (Å²) in [7, 11) is 0. The Bertz CT molecular complexity index is 359. The molecule has 2 heteroatoms. The molecule has 0 saturated heterocycles. The van der Waals surface area contributed by atoms with E-state index in [4.69, 9.17) is 0 Å². The lowest BCUT2D eigenvalue weighted by Crippen LogP contribution is -2.20. The second kappa shape index (κ2) is 4.47. The van der Waals surface area contributed by atoms with Crippen molar-refractivity contribution in [1.82, 2.24) is 0 Å². The van der Waals surface area contributed by atoms with Crippen molar-refractivity contribution in [3.05, 3.63) is 29.8 Å². The van der Waals surface area contributed by atoms with Gasteiger partial charge in [-0.2, -0.15) is 0 Å². The molecule has 15 heavy (non-hydrogen) atoms. The molecule has 0 aliphatic carbocycles. The minimum absolute atomic E-state index is 0.196. The lowest BCUT2D eigenvalue weighted by Gasteiger charge is -2.11. The normalized spacial score (nSPS) is 20.3. The van der Waals surface area contributed by atoms with E-state index in [-0.39, 0.29) is 11.8 Å². The summed E-state index contributed by atoms with van der Waals surface area (Å²) in [4.78, 5) is 11.9. The third kappa shape index (κ3) is 2.20. The third-order valence-corrected chi connectivity index (χ3v) is 3.05. The highest BCUT2D eigenvalue weighted by atomic mass is 16.1. The molecule has 2 rings (SSSR count). The molecule has 1 N–H and O–H groups in total. The average Bonchev–Trinajstić information content (AvgIpc) is 2.40. The van der Waals surface area contributed by atoms with E-state index in [2.05, 4.69) is 18.3 Å². The van der Waals surface area contributed by atoms with Crippen LogP contribution in [0.3, 0.4) is 0 Å². The zero-order valence-corrected chi connectivity index (χ0v) is 9.12. The fourth-order valence-electron chi connectivity index (χ4n) is 2.18. The van der Waals surface area contributed by atoms with Gasteiger partial charge in [0.1, 0.15) is 0 Å². The van der Waals surface area contributed by atoms with Crippen molar-refractivity contribution in [2.75, 3.05) is 5.32 Å². The van der Waals surface area contributed by atoms with Crippen LogP contribution in [-0.4, -0.2) is 5.91 Å². The number of carbonyl (C=O) groups excluding carboxylic acids is 1. The molecule has 0 radical (unpaired) electrons. The van der Waals surface area contributed by atoms with Gasteiger partial charge in [-0.3, -0.25) is 4.79 Å². The van der Waals surface area contributed by atoms with Gasteiger partial charge in [0.05, 0.1) is 0 Å². The van der Waals surface area contributed by atoms with Gasteiger partial charge in [0.2, 0.25) is 5.91 Å². The van der Waals surface area contributed by atoms with Crippen LogP contribution in [0, 0.1) is 5.92 Å². The van der Waals surface area contributed by atoms with E-state index in [9.17, 15) is 4.79 Å². The number of rotatable bonds is 2. The second-order valence-corrected chi connectivity index (χ2v) is 4.17. The molecule has 0 spiro atoms. The van der Waals surface area contributed by atoms with E-state index in [1.165, 1.54) is 5.56 Å². The van der Waals surface area contributed by atoms with Gasteiger partial charge in [0.25, 0.3) is 0 Å². The molecule has 1 unspecified atom stereocenters. The van der Waals surface area contributed by atoms with Crippen LogP contribution in [0.1, 0.15) is 31.7 Å². The summed E-state index contributed by atoms with van der Waals surface area (Å²) in [6, 6.07) is 8.09. The van der Waals surface area contributed by atoms with Gasteiger partial charge in [-0.1, -0.05) is 31.5 Å². The van der Waals surface area contributed by atoms with Gasteiger partial charge >= 0.3 is 0 Å². The largest absolute Gasteiger partial charge is 0.326 e. The number of carbonyl (C=O) groups is 1. The molecular formula is C13H17NO. The van der Waals surface area contributed by atoms with Gasteiger partial charge in [-0.25, -0.2) is 0 Å². The van der Waals surface area contributed by atoms with Crippen LogP contribution < -0.4 is 5.32 Å². The number of hydrogen-bond acceptors (Lipinski definition) is 1. The Morgan fingerprint density at radius 1 is 1.40 bits per heavy atom. The van der Waals surface area contributed by atoms with E-state index in [1.54, 1.807) is 0 Å². The number of amides is 1. The Morgan fingerprint density at radius 3 is 3.00 bits per heavy atom. The molecule has 1 amide bonds. The Labute approximate surface area is 90.7 Å². The Kier molecular flexibility index (Phi) is 3.05. The highest BCUT2D eigenvalue weighted by Gasteiger charge is 2.22. The van der Waals surface area contributed by atoms with Gasteiger partial charge in [-0.05, 0) is 30.9 Å². The third-order valence-electron chi connectivity index (χ3n) is 3.05. The molecule has 0 aromatic heterocycles. The van der Waals surface area contributed by atoms with Crippen molar-refractivity contribution in [1.29, 1.82) is 0 Å². The van der Waals surface area contributed by atoms with Crippen LogP contribution >= 0.6 is 0 Å². The molecular weight excluding hydrogens is 186 g/mol. The zero-order chi connectivity index (χ0) is 10.7. The Hall–Kier alpha value is -1.31. The summed E-state index contributed by atoms with van der Waals surface area (Å²) < 4.78 is 0. The smallest absolute Gasteiger partial charge is 0.227 e. The van der Waals surface area contributed by atoms with Crippen molar-refractivity contribution in [2.45, 2.75) is 32.6 Å². The van der Waals surface area contributed by atoms with Crippen molar-refractivity contribution in [3.8, 4) is 0 Å². The fourth-order valence-corrected chi connectivity index (χ4v) is 2.18. The van der Waals surface area contributed by atoms with Crippen LogP contribution in [0.4, 0.5) is 5.69 Å². The van der Waals surface area contributed by atoms with E-state index >= 15 is 0 Å². The Balaban J connectivity index is 2.19. The lowest BCUT2D eigenvalue weighted by molar-refractivity contribution is -0.120. The summed E-state index contributed by atoms with van der Waals surface area (Å²) in [5.41, 5.74) is 2.27. The number of fused-ring (bicyclic) bond motifs is 1. The predicted molar refractivity (Wildman–Crippen MR) is 61.8 cm³/mol. The number of nitrogens with one attached hydrogen (secondary N) is 1. The Morgan fingerprint density at radius 2 is 2.20 bits per heavy atom. The van der Waals surface area contributed by atoms with E-state index in [1.807, 2.05) is 18.2 Å². The van der Waals surface area contributed by atoms with Crippen LogP contribution in [0.15, 0.2) is 24.3 Å². The number of benzene rings is 1.